The normalized spacial score (nSPS) is 11.4. The summed E-state index contributed by atoms with van der Waals surface area (Å²) >= 11 is 0. The number of nitriles is 1. The van der Waals surface area contributed by atoms with Crippen LogP contribution in [0.25, 0.3) is 22.2 Å². The maximum absolute atomic E-state index is 14.0. The topological polar surface area (TPSA) is 98.9 Å². The third kappa shape index (κ3) is 3.05. The Labute approximate surface area is 153 Å². The average molecular weight is 381 g/mol. The number of nitrogens with zero attached hydrogens (tertiary/aromatic N) is 1. The van der Waals surface area contributed by atoms with Gasteiger partial charge in [-0.3, -0.25) is 4.72 Å². The van der Waals surface area contributed by atoms with Crippen LogP contribution in [0.5, 0.6) is 0 Å². The van der Waals surface area contributed by atoms with Crippen LogP contribution in [0, 0.1) is 17.1 Å². The number of halogens is 1. The molecule has 6 nitrogen and oxygen atoms in total. The van der Waals surface area contributed by atoms with Crippen molar-refractivity contribution in [3.63, 3.8) is 0 Å². The number of furan rings is 1. The van der Waals surface area contributed by atoms with Gasteiger partial charge in [-0.2, -0.15) is 5.26 Å². The molecule has 0 aliphatic rings. The van der Waals surface area contributed by atoms with Gasteiger partial charge in [-0.1, -0.05) is 12.1 Å². The molecule has 2 heterocycles. The fourth-order valence-electron chi connectivity index (χ4n) is 2.76. The molecule has 0 saturated carbocycles. The molecule has 2 aromatic heterocycles. The van der Waals surface area contributed by atoms with Crippen LogP contribution >= 0.6 is 0 Å². The average Bonchev–Trinajstić information content (AvgIpc) is 3.32. The number of H-pyrrole nitrogens is 1. The third-order valence-corrected chi connectivity index (χ3v) is 5.42. The van der Waals surface area contributed by atoms with Gasteiger partial charge in [-0.25, -0.2) is 12.8 Å². The van der Waals surface area contributed by atoms with Crippen LogP contribution in [0.1, 0.15) is 5.56 Å². The molecule has 0 unspecified atom stereocenters. The highest BCUT2D eigenvalue weighted by molar-refractivity contribution is 7.92. The first-order valence-corrected chi connectivity index (χ1v) is 9.34. The van der Waals surface area contributed by atoms with E-state index in [-0.39, 0.29) is 16.1 Å². The lowest BCUT2D eigenvalue weighted by Crippen LogP contribution is -2.13. The molecule has 2 N–H and O–H groups in total. The van der Waals surface area contributed by atoms with E-state index in [1.54, 1.807) is 12.3 Å². The second-order valence-corrected chi connectivity index (χ2v) is 7.49. The SMILES string of the molecule is N#Cc1ccc(NS(=O)(=O)c2c[nH]c(-c3cccc4ccoc34)c2)c(F)c1. The highest BCUT2D eigenvalue weighted by Crippen LogP contribution is 2.30. The molecule has 0 aliphatic heterocycles. The molecule has 0 spiro atoms. The van der Waals surface area contributed by atoms with Gasteiger partial charge in [-0.15, -0.1) is 0 Å². The van der Waals surface area contributed by atoms with Crippen molar-refractivity contribution in [1.82, 2.24) is 4.98 Å². The molecule has 0 fully saturated rings. The van der Waals surface area contributed by atoms with E-state index in [1.807, 2.05) is 24.3 Å². The number of aromatic nitrogens is 1. The fourth-order valence-corrected chi connectivity index (χ4v) is 3.82. The van der Waals surface area contributed by atoms with Gasteiger partial charge in [0.05, 0.1) is 29.3 Å². The first-order valence-electron chi connectivity index (χ1n) is 7.85. The Balaban J connectivity index is 1.68. The zero-order valence-corrected chi connectivity index (χ0v) is 14.5. The molecule has 0 radical (unpaired) electrons. The minimum atomic E-state index is -4.02. The van der Waals surface area contributed by atoms with E-state index in [0.717, 1.165) is 11.5 Å². The van der Waals surface area contributed by atoms with Gasteiger partial charge < -0.3 is 9.40 Å². The smallest absolute Gasteiger partial charge is 0.263 e. The molecule has 0 amide bonds. The van der Waals surface area contributed by atoms with Crippen molar-refractivity contribution in [2.75, 3.05) is 4.72 Å². The van der Waals surface area contributed by atoms with Gasteiger partial charge in [-0.05, 0) is 36.4 Å². The minimum absolute atomic E-state index is 0.0511. The van der Waals surface area contributed by atoms with Gasteiger partial charge in [0.15, 0.2) is 0 Å². The van der Waals surface area contributed by atoms with Crippen molar-refractivity contribution in [2.45, 2.75) is 4.90 Å². The molecule has 8 heteroatoms. The summed E-state index contributed by atoms with van der Waals surface area (Å²) in [6.45, 7) is 0. The zero-order chi connectivity index (χ0) is 19.0. The number of anilines is 1. The van der Waals surface area contributed by atoms with Crippen molar-refractivity contribution >= 4 is 26.7 Å². The fraction of sp³-hybridized carbons (Fsp3) is 0. The second kappa shape index (κ2) is 6.30. The molecule has 2 aromatic carbocycles. The Bertz CT molecular complexity index is 1300. The van der Waals surface area contributed by atoms with E-state index in [9.17, 15) is 12.8 Å². The first-order chi connectivity index (χ1) is 13.0. The monoisotopic (exact) mass is 381 g/mol. The summed E-state index contributed by atoms with van der Waals surface area (Å²) in [4.78, 5) is 2.86. The van der Waals surface area contributed by atoms with Crippen molar-refractivity contribution in [3.8, 4) is 17.3 Å². The summed E-state index contributed by atoms with van der Waals surface area (Å²) in [5.41, 5.74) is 1.77. The number of sulfonamides is 1. The van der Waals surface area contributed by atoms with E-state index < -0.39 is 15.8 Å². The Kier molecular flexibility index (Phi) is 3.94. The minimum Gasteiger partial charge on any atom is -0.464 e. The molecule has 27 heavy (non-hydrogen) atoms. The summed E-state index contributed by atoms with van der Waals surface area (Å²) in [5, 5.41) is 9.66. The molecule has 0 atom stereocenters. The van der Waals surface area contributed by atoms with Crippen LogP contribution in [0.3, 0.4) is 0 Å². The van der Waals surface area contributed by atoms with Crippen LogP contribution in [0.4, 0.5) is 10.1 Å². The third-order valence-electron chi connectivity index (χ3n) is 4.08. The lowest BCUT2D eigenvalue weighted by molar-refractivity contribution is 0.598. The predicted octanol–water partition coefficient (Wildman–Crippen LogP) is 4.24. The van der Waals surface area contributed by atoms with E-state index >= 15 is 0 Å². The number of para-hydroxylation sites is 1. The van der Waals surface area contributed by atoms with Crippen molar-refractivity contribution in [1.29, 1.82) is 5.26 Å². The lowest BCUT2D eigenvalue weighted by Gasteiger charge is -2.07. The van der Waals surface area contributed by atoms with Crippen molar-refractivity contribution < 1.29 is 17.2 Å². The van der Waals surface area contributed by atoms with Gasteiger partial charge in [0.1, 0.15) is 16.3 Å². The summed E-state index contributed by atoms with van der Waals surface area (Å²) in [7, 11) is -4.02. The Morgan fingerprint density at radius 2 is 2.00 bits per heavy atom. The molecular weight excluding hydrogens is 369 g/mol. The standard InChI is InChI=1S/C19H12FN3O3S/c20-16-8-12(10-21)4-5-17(16)23-27(24,25)14-9-18(22-11-14)15-3-1-2-13-6-7-26-19(13)15/h1-9,11,22-23H. The van der Waals surface area contributed by atoms with E-state index in [1.165, 1.54) is 24.4 Å². The van der Waals surface area contributed by atoms with E-state index in [2.05, 4.69) is 9.71 Å². The number of hydrogen-bond donors (Lipinski definition) is 2. The molecule has 0 bridgehead atoms. The quantitative estimate of drug-likeness (QED) is 0.552. The highest BCUT2D eigenvalue weighted by Gasteiger charge is 2.19. The van der Waals surface area contributed by atoms with Crippen molar-refractivity contribution in [2.24, 2.45) is 0 Å². The number of nitrogens with one attached hydrogen (secondary N) is 2. The molecular formula is C19H12FN3O3S. The summed E-state index contributed by atoms with van der Waals surface area (Å²) in [5.74, 6) is -0.825. The number of benzene rings is 2. The predicted molar refractivity (Wildman–Crippen MR) is 97.9 cm³/mol. The zero-order valence-electron chi connectivity index (χ0n) is 13.7. The number of rotatable bonds is 4. The summed E-state index contributed by atoms with van der Waals surface area (Å²) in [6.07, 6.45) is 2.88. The molecule has 134 valence electrons. The van der Waals surface area contributed by atoms with Crippen LogP contribution in [0.2, 0.25) is 0 Å². The number of aromatic amines is 1. The highest BCUT2D eigenvalue weighted by atomic mass is 32.2. The lowest BCUT2D eigenvalue weighted by atomic mass is 10.1. The Morgan fingerprint density at radius 1 is 1.15 bits per heavy atom. The first kappa shape index (κ1) is 16.9. The number of fused-ring (bicyclic) bond motifs is 1. The largest absolute Gasteiger partial charge is 0.464 e. The van der Waals surface area contributed by atoms with Gasteiger partial charge in [0.25, 0.3) is 10.0 Å². The second-order valence-electron chi connectivity index (χ2n) is 5.81. The van der Waals surface area contributed by atoms with Crippen LogP contribution in [-0.4, -0.2) is 13.4 Å². The van der Waals surface area contributed by atoms with Gasteiger partial charge in [0.2, 0.25) is 0 Å². The molecule has 4 rings (SSSR count). The van der Waals surface area contributed by atoms with E-state index in [0.29, 0.717) is 16.8 Å². The van der Waals surface area contributed by atoms with Crippen LogP contribution < -0.4 is 4.72 Å². The Morgan fingerprint density at radius 3 is 2.78 bits per heavy atom. The van der Waals surface area contributed by atoms with Crippen LogP contribution in [0.15, 0.2) is 70.3 Å². The molecule has 4 aromatic rings. The summed E-state index contributed by atoms with van der Waals surface area (Å²) in [6, 6.07) is 14.1. The molecule has 0 aliphatic carbocycles. The maximum atomic E-state index is 14.0. The van der Waals surface area contributed by atoms with Crippen molar-refractivity contribution in [3.05, 3.63) is 72.4 Å². The van der Waals surface area contributed by atoms with E-state index in [4.69, 9.17) is 9.68 Å². The maximum Gasteiger partial charge on any atom is 0.263 e. The summed E-state index contributed by atoms with van der Waals surface area (Å²) < 4.78 is 46.8. The van der Waals surface area contributed by atoms with Gasteiger partial charge >= 0.3 is 0 Å². The van der Waals surface area contributed by atoms with Gasteiger partial charge in [0, 0.05) is 17.1 Å². The van der Waals surface area contributed by atoms with Crippen LogP contribution in [-0.2, 0) is 10.0 Å². The molecule has 0 saturated heterocycles. The Hall–Kier alpha value is -3.57. The number of hydrogen-bond acceptors (Lipinski definition) is 4.